The molecule has 4 heteroatoms. The summed E-state index contributed by atoms with van der Waals surface area (Å²) >= 11 is 0. The number of amides is 1. The van der Waals surface area contributed by atoms with E-state index in [2.05, 4.69) is 10.2 Å². The molecule has 1 heterocycles. The van der Waals surface area contributed by atoms with E-state index in [1.54, 1.807) is 7.05 Å². The second-order valence-corrected chi connectivity index (χ2v) is 4.81. The Morgan fingerprint density at radius 2 is 2.17 bits per heavy atom. The minimum Gasteiger partial charge on any atom is -0.392 e. The number of nitrogens with zero attached hydrogens (tertiary/aromatic N) is 1. The third-order valence-electron chi connectivity index (χ3n) is 3.33. The van der Waals surface area contributed by atoms with Crippen molar-refractivity contribution in [3.63, 3.8) is 0 Å². The fourth-order valence-corrected chi connectivity index (χ4v) is 2.34. The van der Waals surface area contributed by atoms with E-state index in [-0.39, 0.29) is 12.0 Å². The Balaban J connectivity index is 1.95. The van der Waals surface area contributed by atoms with Crippen molar-refractivity contribution in [1.82, 2.24) is 10.2 Å². The van der Waals surface area contributed by atoms with Gasteiger partial charge in [0.1, 0.15) is 0 Å². The highest BCUT2D eigenvalue weighted by atomic mass is 16.3. The highest BCUT2D eigenvalue weighted by Gasteiger charge is 2.17. The van der Waals surface area contributed by atoms with Crippen molar-refractivity contribution >= 4 is 5.91 Å². The molecule has 1 aromatic rings. The van der Waals surface area contributed by atoms with Crippen LogP contribution in [0.5, 0.6) is 0 Å². The van der Waals surface area contributed by atoms with Crippen molar-refractivity contribution < 1.29 is 9.90 Å². The summed E-state index contributed by atoms with van der Waals surface area (Å²) in [7, 11) is 1.63. The van der Waals surface area contributed by atoms with Gasteiger partial charge in [-0.2, -0.15) is 0 Å². The maximum absolute atomic E-state index is 11.4. The summed E-state index contributed by atoms with van der Waals surface area (Å²) in [4.78, 5) is 13.7. The molecule has 0 bridgehead atoms. The first kappa shape index (κ1) is 13.1. The van der Waals surface area contributed by atoms with E-state index in [0.29, 0.717) is 5.56 Å². The van der Waals surface area contributed by atoms with Gasteiger partial charge in [-0.05, 0) is 37.1 Å². The van der Waals surface area contributed by atoms with Crippen molar-refractivity contribution in [3.05, 3.63) is 35.4 Å². The minimum atomic E-state index is -0.191. The molecule has 2 rings (SSSR count). The predicted molar refractivity (Wildman–Crippen MR) is 70.4 cm³/mol. The Labute approximate surface area is 108 Å². The number of nitrogens with one attached hydrogen (secondary N) is 1. The molecule has 0 aromatic heterocycles. The summed E-state index contributed by atoms with van der Waals surface area (Å²) in [5.41, 5.74) is 1.86. The topological polar surface area (TPSA) is 52.6 Å². The highest BCUT2D eigenvalue weighted by Crippen LogP contribution is 2.14. The van der Waals surface area contributed by atoms with Gasteiger partial charge in [0, 0.05) is 25.7 Å². The maximum Gasteiger partial charge on any atom is 0.251 e. The number of hydrogen-bond acceptors (Lipinski definition) is 3. The summed E-state index contributed by atoms with van der Waals surface area (Å²) in [6, 6.07) is 7.64. The summed E-state index contributed by atoms with van der Waals surface area (Å²) < 4.78 is 0. The van der Waals surface area contributed by atoms with Crippen LogP contribution in [0, 0.1) is 0 Å². The second kappa shape index (κ2) is 5.98. The van der Waals surface area contributed by atoms with Crippen LogP contribution in [0.3, 0.4) is 0 Å². The lowest BCUT2D eigenvalue weighted by Gasteiger charge is -2.29. The largest absolute Gasteiger partial charge is 0.392 e. The molecule has 0 radical (unpaired) electrons. The molecule has 0 spiro atoms. The van der Waals surface area contributed by atoms with Gasteiger partial charge >= 0.3 is 0 Å². The average Bonchev–Trinajstić information content (AvgIpc) is 2.39. The Bertz CT molecular complexity index is 403. The molecule has 1 unspecified atom stereocenters. The zero-order chi connectivity index (χ0) is 13.0. The van der Waals surface area contributed by atoms with E-state index >= 15 is 0 Å². The number of aliphatic hydroxyl groups is 1. The van der Waals surface area contributed by atoms with Crippen molar-refractivity contribution in [2.45, 2.75) is 25.5 Å². The third-order valence-corrected chi connectivity index (χ3v) is 3.33. The first-order valence-electron chi connectivity index (χ1n) is 6.40. The van der Waals surface area contributed by atoms with Gasteiger partial charge < -0.3 is 10.4 Å². The number of benzene rings is 1. The fourth-order valence-electron chi connectivity index (χ4n) is 2.34. The molecule has 1 fully saturated rings. The summed E-state index contributed by atoms with van der Waals surface area (Å²) in [6.45, 7) is 2.62. The highest BCUT2D eigenvalue weighted by molar-refractivity contribution is 5.93. The van der Waals surface area contributed by atoms with Crippen LogP contribution in [0.4, 0.5) is 0 Å². The molecule has 0 saturated carbocycles. The molecule has 98 valence electrons. The Morgan fingerprint density at radius 3 is 2.78 bits per heavy atom. The lowest BCUT2D eigenvalue weighted by Crippen LogP contribution is -2.37. The molecule has 4 nitrogen and oxygen atoms in total. The van der Waals surface area contributed by atoms with Gasteiger partial charge in [0.15, 0.2) is 0 Å². The zero-order valence-corrected chi connectivity index (χ0v) is 10.7. The maximum atomic E-state index is 11.4. The predicted octanol–water partition coefficient (Wildman–Crippen LogP) is 1.00. The van der Waals surface area contributed by atoms with Crippen LogP contribution in [-0.2, 0) is 6.54 Å². The Morgan fingerprint density at radius 1 is 1.44 bits per heavy atom. The lowest BCUT2D eigenvalue weighted by molar-refractivity contribution is 0.0668. The normalized spacial score (nSPS) is 20.7. The number of carbonyl (C=O) groups is 1. The fraction of sp³-hybridized carbons (Fsp3) is 0.500. The lowest BCUT2D eigenvalue weighted by atomic mass is 10.1. The summed E-state index contributed by atoms with van der Waals surface area (Å²) in [5.74, 6) is -0.0602. The van der Waals surface area contributed by atoms with Crippen molar-refractivity contribution in [3.8, 4) is 0 Å². The van der Waals surface area contributed by atoms with Gasteiger partial charge in [-0.3, -0.25) is 9.69 Å². The molecule has 1 aliphatic rings. The van der Waals surface area contributed by atoms with Crippen LogP contribution in [0.1, 0.15) is 28.8 Å². The first-order chi connectivity index (χ1) is 8.69. The van der Waals surface area contributed by atoms with E-state index in [4.69, 9.17) is 0 Å². The molecule has 1 saturated heterocycles. The third kappa shape index (κ3) is 3.31. The molecule has 1 aliphatic heterocycles. The SMILES string of the molecule is CNC(=O)c1ccc(CN2CCCC(O)C2)cc1. The second-order valence-electron chi connectivity index (χ2n) is 4.81. The van der Waals surface area contributed by atoms with Crippen molar-refractivity contribution in [2.24, 2.45) is 0 Å². The van der Waals surface area contributed by atoms with Crippen LogP contribution in [0.2, 0.25) is 0 Å². The molecular formula is C14H20N2O2. The van der Waals surface area contributed by atoms with Gasteiger partial charge in [0.2, 0.25) is 0 Å². The van der Waals surface area contributed by atoms with Crippen LogP contribution in [-0.4, -0.2) is 42.2 Å². The molecule has 2 N–H and O–H groups in total. The van der Waals surface area contributed by atoms with Crippen LogP contribution in [0.25, 0.3) is 0 Å². The van der Waals surface area contributed by atoms with E-state index in [1.165, 1.54) is 5.56 Å². The first-order valence-corrected chi connectivity index (χ1v) is 6.40. The number of carbonyl (C=O) groups excluding carboxylic acids is 1. The number of piperidine rings is 1. The van der Waals surface area contributed by atoms with Crippen molar-refractivity contribution in [2.75, 3.05) is 20.1 Å². The van der Waals surface area contributed by atoms with Gasteiger partial charge in [-0.25, -0.2) is 0 Å². The standard InChI is InChI=1S/C14H20N2O2/c1-15-14(18)12-6-4-11(5-7-12)9-16-8-2-3-13(17)10-16/h4-7,13,17H,2-3,8-10H2,1H3,(H,15,18). The van der Waals surface area contributed by atoms with E-state index < -0.39 is 0 Å². The molecule has 1 aromatic carbocycles. The molecule has 18 heavy (non-hydrogen) atoms. The van der Waals surface area contributed by atoms with Crippen LogP contribution in [0.15, 0.2) is 24.3 Å². The molecule has 1 amide bonds. The van der Waals surface area contributed by atoms with Crippen LogP contribution >= 0.6 is 0 Å². The smallest absolute Gasteiger partial charge is 0.251 e. The number of hydrogen-bond donors (Lipinski definition) is 2. The zero-order valence-electron chi connectivity index (χ0n) is 10.7. The summed E-state index contributed by atoms with van der Waals surface area (Å²) in [6.07, 6.45) is 1.77. The van der Waals surface area contributed by atoms with Crippen LogP contribution < -0.4 is 5.32 Å². The van der Waals surface area contributed by atoms with E-state index in [1.807, 2.05) is 24.3 Å². The van der Waals surface area contributed by atoms with Crippen molar-refractivity contribution in [1.29, 1.82) is 0 Å². The quantitative estimate of drug-likeness (QED) is 0.839. The Kier molecular flexibility index (Phi) is 4.33. The monoisotopic (exact) mass is 248 g/mol. The molecular weight excluding hydrogens is 228 g/mol. The average molecular weight is 248 g/mol. The Hall–Kier alpha value is -1.39. The van der Waals surface area contributed by atoms with E-state index in [0.717, 1.165) is 32.5 Å². The van der Waals surface area contributed by atoms with Gasteiger partial charge in [-0.1, -0.05) is 12.1 Å². The van der Waals surface area contributed by atoms with Gasteiger partial charge in [0.05, 0.1) is 6.10 Å². The number of β-amino-alcohol motifs (C(OH)–C–C–N with tert-alkyl or cyclic N) is 1. The van der Waals surface area contributed by atoms with Gasteiger partial charge in [0.25, 0.3) is 5.91 Å². The van der Waals surface area contributed by atoms with Gasteiger partial charge in [-0.15, -0.1) is 0 Å². The number of aliphatic hydroxyl groups excluding tert-OH is 1. The number of rotatable bonds is 3. The molecule has 0 aliphatic carbocycles. The summed E-state index contributed by atoms with van der Waals surface area (Å²) in [5, 5.41) is 12.2. The van der Waals surface area contributed by atoms with E-state index in [9.17, 15) is 9.90 Å². The molecule has 1 atom stereocenters. The minimum absolute atomic E-state index is 0.0602. The number of likely N-dealkylation sites (tertiary alicyclic amines) is 1.